The maximum Gasteiger partial charge on any atom is 0.326 e. The number of anilines is 1. The Morgan fingerprint density at radius 1 is 1.00 bits per heavy atom. The zero-order chi connectivity index (χ0) is 27.0. The fourth-order valence-electron chi connectivity index (χ4n) is 4.54. The van der Waals surface area contributed by atoms with Crippen molar-refractivity contribution in [2.45, 2.75) is 44.6 Å². The molecule has 1 aliphatic carbocycles. The van der Waals surface area contributed by atoms with Crippen LogP contribution in [0.15, 0.2) is 42.5 Å². The van der Waals surface area contributed by atoms with Crippen molar-refractivity contribution in [3.63, 3.8) is 0 Å². The second kappa shape index (κ2) is 12.9. The van der Waals surface area contributed by atoms with Crippen LogP contribution >= 0.6 is 23.2 Å². The second-order valence-electron chi connectivity index (χ2n) is 9.11. The molecule has 0 spiro atoms. The molecule has 3 rings (SSSR count). The summed E-state index contributed by atoms with van der Waals surface area (Å²) in [4.78, 5) is 49.2. The number of carbonyl (C=O) groups excluding carboxylic acids is 3. The van der Waals surface area contributed by atoms with Gasteiger partial charge in [0.2, 0.25) is 11.8 Å². The van der Waals surface area contributed by atoms with Crippen LogP contribution in [0.3, 0.4) is 0 Å². The van der Waals surface area contributed by atoms with Gasteiger partial charge in [0.25, 0.3) is 5.91 Å². The monoisotopic (exact) mass is 548 g/mol. The number of amides is 3. The number of halogens is 2. The summed E-state index contributed by atoms with van der Waals surface area (Å²) in [5, 5.41) is 18.3. The van der Waals surface area contributed by atoms with Crippen LogP contribution in [0, 0.1) is 5.41 Å². The average Bonchev–Trinajstić information content (AvgIpc) is 3.34. The molecule has 3 amide bonds. The molecular formula is C26H30Cl2N4O5. The van der Waals surface area contributed by atoms with E-state index in [9.17, 15) is 24.3 Å². The first-order valence-electron chi connectivity index (χ1n) is 12.0. The lowest BCUT2D eigenvalue weighted by atomic mass is 9.81. The maximum atomic E-state index is 13.2. The van der Waals surface area contributed by atoms with Crippen LogP contribution in [0.4, 0.5) is 5.69 Å². The van der Waals surface area contributed by atoms with Gasteiger partial charge in [-0.15, -0.1) is 0 Å². The van der Waals surface area contributed by atoms with Crippen molar-refractivity contribution in [1.29, 1.82) is 0 Å². The van der Waals surface area contributed by atoms with E-state index in [1.165, 1.54) is 0 Å². The molecule has 1 fully saturated rings. The minimum atomic E-state index is -1.15. The van der Waals surface area contributed by atoms with Gasteiger partial charge in [0, 0.05) is 18.7 Å². The predicted molar refractivity (Wildman–Crippen MR) is 142 cm³/mol. The number of carbonyl (C=O) groups is 4. The van der Waals surface area contributed by atoms with Crippen LogP contribution in [0.25, 0.3) is 0 Å². The van der Waals surface area contributed by atoms with E-state index >= 15 is 0 Å². The smallest absolute Gasteiger partial charge is 0.326 e. The summed E-state index contributed by atoms with van der Waals surface area (Å²) in [6.07, 6.45) is 3.47. The number of nitrogens with two attached hydrogens (primary N) is 1. The van der Waals surface area contributed by atoms with Crippen molar-refractivity contribution >= 4 is 52.6 Å². The van der Waals surface area contributed by atoms with Crippen molar-refractivity contribution in [2.75, 3.05) is 18.4 Å². The van der Waals surface area contributed by atoms with Crippen LogP contribution in [0.5, 0.6) is 0 Å². The van der Waals surface area contributed by atoms with E-state index in [4.69, 9.17) is 28.9 Å². The van der Waals surface area contributed by atoms with E-state index in [-0.39, 0.29) is 40.4 Å². The Kier molecular flexibility index (Phi) is 9.91. The molecule has 2 aromatic carbocycles. The van der Waals surface area contributed by atoms with Crippen molar-refractivity contribution in [2.24, 2.45) is 11.1 Å². The lowest BCUT2D eigenvalue weighted by Crippen LogP contribution is -2.49. The van der Waals surface area contributed by atoms with E-state index in [2.05, 4.69) is 16.0 Å². The van der Waals surface area contributed by atoms with Crippen LogP contribution in [0.1, 0.15) is 48.0 Å². The van der Waals surface area contributed by atoms with Crippen molar-refractivity contribution in [3.05, 3.63) is 63.6 Å². The fraction of sp³-hybridized carbons (Fsp3) is 0.385. The van der Waals surface area contributed by atoms with Gasteiger partial charge in [-0.25, -0.2) is 4.79 Å². The lowest BCUT2D eigenvalue weighted by molar-refractivity contribution is -0.144. The Morgan fingerprint density at radius 2 is 1.62 bits per heavy atom. The number of aliphatic carboxylic acids is 1. The first kappa shape index (κ1) is 28.4. The quantitative estimate of drug-likeness (QED) is 0.290. The lowest BCUT2D eigenvalue weighted by Gasteiger charge is -2.29. The summed E-state index contributed by atoms with van der Waals surface area (Å²) < 4.78 is 0. The topological polar surface area (TPSA) is 151 Å². The molecule has 6 N–H and O–H groups in total. The Morgan fingerprint density at radius 3 is 2.19 bits per heavy atom. The van der Waals surface area contributed by atoms with Gasteiger partial charge in [-0.2, -0.15) is 0 Å². The molecule has 0 radical (unpaired) electrons. The zero-order valence-corrected chi connectivity index (χ0v) is 21.7. The molecule has 0 heterocycles. The number of carboxylic acids is 1. The first-order chi connectivity index (χ1) is 17.6. The van der Waals surface area contributed by atoms with Gasteiger partial charge >= 0.3 is 5.97 Å². The summed E-state index contributed by atoms with van der Waals surface area (Å²) in [7, 11) is 0. The third kappa shape index (κ3) is 7.44. The van der Waals surface area contributed by atoms with Crippen LogP contribution in [-0.4, -0.2) is 47.9 Å². The fourth-order valence-corrected chi connectivity index (χ4v) is 5.10. The molecule has 0 aromatic heterocycles. The number of hydrogen-bond donors (Lipinski definition) is 5. The van der Waals surface area contributed by atoms with Gasteiger partial charge in [0.1, 0.15) is 6.04 Å². The molecule has 37 heavy (non-hydrogen) atoms. The summed E-state index contributed by atoms with van der Waals surface area (Å²) in [6.45, 7) is 0.171. The molecule has 9 nitrogen and oxygen atoms in total. The standard InChI is InChI=1S/C26H30Cl2N4O5/c27-18-4-3-5-19(28)22(18)23(34)31-17-8-6-16(7-9-17)14-20(24(35)36)32-25(37)26(10-1-2-11-26)12-13-30-21(33)15-29/h3-9,20H,1-2,10-15,29H2,(H,30,33)(H,31,34)(H,32,37)(H,35,36)/t20-/m0/s1. The van der Waals surface area contributed by atoms with Crippen LogP contribution in [-0.2, 0) is 20.8 Å². The second-order valence-corrected chi connectivity index (χ2v) is 9.92. The van der Waals surface area contributed by atoms with Gasteiger partial charge in [0.05, 0.1) is 27.6 Å². The van der Waals surface area contributed by atoms with Crippen LogP contribution in [0.2, 0.25) is 10.0 Å². The van der Waals surface area contributed by atoms with Gasteiger partial charge in [0.15, 0.2) is 0 Å². The van der Waals surface area contributed by atoms with Crippen molar-refractivity contribution in [3.8, 4) is 0 Å². The zero-order valence-electron chi connectivity index (χ0n) is 20.2. The highest BCUT2D eigenvalue weighted by Gasteiger charge is 2.42. The summed E-state index contributed by atoms with van der Waals surface area (Å²) >= 11 is 12.2. The molecule has 1 aliphatic rings. The highest BCUT2D eigenvalue weighted by molar-refractivity contribution is 6.40. The number of hydrogen-bond acceptors (Lipinski definition) is 5. The molecule has 2 aromatic rings. The molecule has 11 heteroatoms. The van der Waals surface area contributed by atoms with E-state index in [1.54, 1.807) is 42.5 Å². The maximum absolute atomic E-state index is 13.2. The molecule has 198 valence electrons. The Bertz CT molecular complexity index is 1130. The third-order valence-electron chi connectivity index (χ3n) is 6.60. The van der Waals surface area contributed by atoms with Crippen molar-refractivity contribution in [1.82, 2.24) is 10.6 Å². The Balaban J connectivity index is 1.63. The normalized spacial score (nSPS) is 15.0. The number of nitrogens with one attached hydrogen (secondary N) is 3. The van der Waals surface area contributed by atoms with E-state index < -0.39 is 23.3 Å². The minimum Gasteiger partial charge on any atom is -0.480 e. The molecule has 1 saturated carbocycles. The molecule has 0 unspecified atom stereocenters. The highest BCUT2D eigenvalue weighted by atomic mass is 35.5. The first-order valence-corrected chi connectivity index (χ1v) is 12.8. The SMILES string of the molecule is NCC(=O)NCCC1(C(=O)N[C@@H](Cc2ccc(NC(=O)c3c(Cl)cccc3Cl)cc2)C(=O)O)CCCC1. The Labute approximate surface area is 225 Å². The van der Waals surface area contributed by atoms with E-state index in [0.29, 0.717) is 37.1 Å². The summed E-state index contributed by atoms with van der Waals surface area (Å²) in [6, 6.07) is 10.3. The van der Waals surface area contributed by atoms with E-state index in [1.807, 2.05) is 0 Å². The van der Waals surface area contributed by atoms with E-state index in [0.717, 1.165) is 12.8 Å². The number of rotatable bonds is 11. The molecular weight excluding hydrogens is 519 g/mol. The highest BCUT2D eigenvalue weighted by Crippen LogP contribution is 2.41. The predicted octanol–water partition coefficient (Wildman–Crippen LogP) is 3.38. The molecule has 0 saturated heterocycles. The van der Waals surface area contributed by atoms with Gasteiger partial charge < -0.3 is 26.8 Å². The summed E-state index contributed by atoms with van der Waals surface area (Å²) in [5.74, 6) is -2.24. The van der Waals surface area contributed by atoms with Crippen LogP contribution < -0.4 is 21.7 Å². The molecule has 1 atom stereocenters. The Hall–Kier alpha value is -3.14. The summed E-state index contributed by atoms with van der Waals surface area (Å²) in [5.41, 5.74) is 5.90. The van der Waals surface area contributed by atoms with Gasteiger partial charge in [-0.3, -0.25) is 14.4 Å². The molecule has 0 aliphatic heterocycles. The number of benzene rings is 2. The third-order valence-corrected chi connectivity index (χ3v) is 7.23. The average molecular weight is 549 g/mol. The molecule has 0 bridgehead atoms. The van der Waals surface area contributed by atoms with Gasteiger partial charge in [-0.05, 0) is 49.1 Å². The largest absolute Gasteiger partial charge is 0.480 e. The van der Waals surface area contributed by atoms with Crippen molar-refractivity contribution < 1.29 is 24.3 Å². The van der Waals surface area contributed by atoms with Gasteiger partial charge in [-0.1, -0.05) is 54.2 Å². The number of carboxylic acid groups (broad SMARTS) is 1. The minimum absolute atomic E-state index is 0.0611.